The van der Waals surface area contributed by atoms with Gasteiger partial charge in [-0.25, -0.2) is 0 Å². The second-order valence-corrected chi connectivity index (χ2v) is 3.77. The summed E-state index contributed by atoms with van der Waals surface area (Å²) in [6.07, 6.45) is 2.40. The molecule has 1 fully saturated rings. The summed E-state index contributed by atoms with van der Waals surface area (Å²) in [7, 11) is 0. The lowest BCUT2D eigenvalue weighted by Crippen LogP contribution is -2.63. The van der Waals surface area contributed by atoms with E-state index in [1.54, 1.807) is 6.92 Å². The SMILES string of the molecule is CCCCCOC1NC(=O)[C@@H]1[C@@H](C)O. The molecular formula is C10H19NO3. The van der Waals surface area contributed by atoms with Crippen molar-refractivity contribution in [3.63, 3.8) is 0 Å². The average molecular weight is 201 g/mol. The molecule has 2 N–H and O–H groups in total. The number of unbranched alkanes of at least 4 members (excludes halogenated alkanes) is 2. The van der Waals surface area contributed by atoms with Gasteiger partial charge in [0.15, 0.2) is 0 Å². The number of nitrogens with one attached hydrogen (secondary N) is 1. The first-order valence-electron chi connectivity index (χ1n) is 5.27. The minimum Gasteiger partial charge on any atom is -0.392 e. The van der Waals surface area contributed by atoms with Crippen LogP contribution in [0.25, 0.3) is 0 Å². The van der Waals surface area contributed by atoms with Crippen molar-refractivity contribution in [2.75, 3.05) is 6.61 Å². The molecule has 0 bridgehead atoms. The highest BCUT2D eigenvalue weighted by Gasteiger charge is 2.43. The van der Waals surface area contributed by atoms with E-state index in [4.69, 9.17) is 4.74 Å². The summed E-state index contributed by atoms with van der Waals surface area (Å²) < 4.78 is 5.43. The van der Waals surface area contributed by atoms with Crippen molar-refractivity contribution in [1.82, 2.24) is 5.32 Å². The van der Waals surface area contributed by atoms with Crippen LogP contribution < -0.4 is 5.32 Å². The van der Waals surface area contributed by atoms with Gasteiger partial charge in [-0.15, -0.1) is 0 Å². The van der Waals surface area contributed by atoms with Gasteiger partial charge in [0.05, 0.1) is 6.10 Å². The van der Waals surface area contributed by atoms with Crippen molar-refractivity contribution in [3.8, 4) is 0 Å². The van der Waals surface area contributed by atoms with E-state index in [9.17, 15) is 9.90 Å². The number of amides is 1. The van der Waals surface area contributed by atoms with Gasteiger partial charge in [-0.3, -0.25) is 4.79 Å². The van der Waals surface area contributed by atoms with Gasteiger partial charge in [0.25, 0.3) is 0 Å². The van der Waals surface area contributed by atoms with Crippen LogP contribution in [0.5, 0.6) is 0 Å². The monoisotopic (exact) mass is 201 g/mol. The fourth-order valence-corrected chi connectivity index (χ4v) is 1.55. The van der Waals surface area contributed by atoms with Gasteiger partial charge in [-0.05, 0) is 13.3 Å². The maximum atomic E-state index is 11.0. The first kappa shape index (κ1) is 11.5. The van der Waals surface area contributed by atoms with Crippen LogP contribution in [0.3, 0.4) is 0 Å². The summed E-state index contributed by atoms with van der Waals surface area (Å²) in [6, 6.07) is 0. The van der Waals surface area contributed by atoms with Crippen LogP contribution in [0.2, 0.25) is 0 Å². The summed E-state index contributed by atoms with van der Waals surface area (Å²) in [5.41, 5.74) is 0. The smallest absolute Gasteiger partial charge is 0.232 e. The molecule has 1 unspecified atom stereocenters. The van der Waals surface area contributed by atoms with E-state index in [1.807, 2.05) is 0 Å². The van der Waals surface area contributed by atoms with Crippen LogP contribution in [0.1, 0.15) is 33.1 Å². The third-order valence-electron chi connectivity index (χ3n) is 2.48. The van der Waals surface area contributed by atoms with E-state index in [1.165, 1.54) is 0 Å². The number of ether oxygens (including phenoxy) is 1. The zero-order valence-electron chi connectivity index (χ0n) is 8.82. The predicted octanol–water partition coefficient (Wildman–Crippen LogP) is 0.646. The third-order valence-corrected chi connectivity index (χ3v) is 2.48. The average Bonchev–Trinajstić information content (AvgIpc) is 2.08. The molecule has 1 aliphatic rings. The Morgan fingerprint density at radius 1 is 1.57 bits per heavy atom. The molecule has 0 saturated carbocycles. The number of hydrogen-bond acceptors (Lipinski definition) is 3. The molecule has 0 aliphatic carbocycles. The first-order valence-corrected chi connectivity index (χ1v) is 5.27. The van der Waals surface area contributed by atoms with Crippen LogP contribution in [0, 0.1) is 5.92 Å². The van der Waals surface area contributed by atoms with E-state index >= 15 is 0 Å². The maximum Gasteiger partial charge on any atom is 0.232 e. The Balaban J connectivity index is 2.16. The van der Waals surface area contributed by atoms with E-state index in [2.05, 4.69) is 12.2 Å². The second kappa shape index (κ2) is 5.32. The summed E-state index contributed by atoms with van der Waals surface area (Å²) in [4.78, 5) is 11.0. The zero-order chi connectivity index (χ0) is 10.6. The fourth-order valence-electron chi connectivity index (χ4n) is 1.55. The number of aliphatic hydroxyl groups excluding tert-OH is 1. The van der Waals surface area contributed by atoms with Crippen molar-refractivity contribution >= 4 is 5.91 Å². The quantitative estimate of drug-likeness (QED) is 0.490. The van der Waals surface area contributed by atoms with E-state index in [-0.39, 0.29) is 18.1 Å². The van der Waals surface area contributed by atoms with Gasteiger partial charge in [0.1, 0.15) is 12.1 Å². The zero-order valence-corrected chi connectivity index (χ0v) is 8.82. The summed E-state index contributed by atoms with van der Waals surface area (Å²) in [5.74, 6) is -0.489. The van der Waals surface area contributed by atoms with Crippen LogP contribution in [0.4, 0.5) is 0 Å². The maximum absolute atomic E-state index is 11.0. The lowest BCUT2D eigenvalue weighted by molar-refractivity contribution is -0.163. The van der Waals surface area contributed by atoms with Gasteiger partial charge < -0.3 is 15.2 Å². The van der Waals surface area contributed by atoms with Gasteiger partial charge >= 0.3 is 0 Å². The number of rotatable bonds is 6. The van der Waals surface area contributed by atoms with Crippen molar-refractivity contribution in [1.29, 1.82) is 0 Å². The van der Waals surface area contributed by atoms with E-state index < -0.39 is 6.10 Å². The molecule has 3 atom stereocenters. The summed E-state index contributed by atoms with van der Waals surface area (Å²) in [5, 5.41) is 11.9. The predicted molar refractivity (Wildman–Crippen MR) is 52.6 cm³/mol. The van der Waals surface area contributed by atoms with Crippen LogP contribution >= 0.6 is 0 Å². The van der Waals surface area contributed by atoms with Gasteiger partial charge in [-0.1, -0.05) is 19.8 Å². The van der Waals surface area contributed by atoms with Crippen molar-refractivity contribution in [2.45, 2.75) is 45.4 Å². The fraction of sp³-hybridized carbons (Fsp3) is 0.900. The molecule has 0 aromatic rings. The largest absolute Gasteiger partial charge is 0.392 e. The van der Waals surface area contributed by atoms with Gasteiger partial charge in [0, 0.05) is 6.61 Å². The Morgan fingerprint density at radius 3 is 2.79 bits per heavy atom. The number of carbonyl (C=O) groups is 1. The first-order chi connectivity index (χ1) is 6.66. The summed E-state index contributed by atoms with van der Waals surface area (Å²) in [6.45, 7) is 4.40. The topological polar surface area (TPSA) is 58.6 Å². The molecule has 1 amide bonds. The molecule has 1 heterocycles. The van der Waals surface area contributed by atoms with E-state index in [0.717, 1.165) is 19.3 Å². The molecule has 0 radical (unpaired) electrons. The summed E-state index contributed by atoms with van der Waals surface area (Å²) >= 11 is 0. The highest BCUT2D eigenvalue weighted by Crippen LogP contribution is 2.20. The van der Waals surface area contributed by atoms with Crippen molar-refractivity contribution in [2.24, 2.45) is 5.92 Å². The Morgan fingerprint density at radius 2 is 2.29 bits per heavy atom. The molecule has 4 heteroatoms. The lowest BCUT2D eigenvalue weighted by atomic mass is 9.93. The Hall–Kier alpha value is -0.610. The van der Waals surface area contributed by atoms with Gasteiger partial charge in [0.2, 0.25) is 5.91 Å². The van der Waals surface area contributed by atoms with Gasteiger partial charge in [-0.2, -0.15) is 0 Å². The molecule has 0 aromatic carbocycles. The molecule has 14 heavy (non-hydrogen) atoms. The molecular weight excluding hydrogens is 182 g/mol. The Bertz CT molecular complexity index is 194. The van der Waals surface area contributed by atoms with E-state index in [0.29, 0.717) is 6.61 Å². The molecule has 4 nitrogen and oxygen atoms in total. The lowest BCUT2D eigenvalue weighted by Gasteiger charge is -2.37. The van der Waals surface area contributed by atoms with Crippen LogP contribution in [-0.4, -0.2) is 30.0 Å². The molecule has 0 spiro atoms. The minimum absolute atomic E-state index is 0.111. The second-order valence-electron chi connectivity index (χ2n) is 3.77. The molecule has 1 rings (SSSR count). The van der Waals surface area contributed by atoms with Crippen molar-refractivity contribution in [3.05, 3.63) is 0 Å². The normalized spacial score (nSPS) is 28.1. The van der Waals surface area contributed by atoms with Crippen LogP contribution in [0.15, 0.2) is 0 Å². The number of carbonyl (C=O) groups excluding carboxylic acids is 1. The third kappa shape index (κ3) is 2.69. The standard InChI is InChI=1S/C10H19NO3/c1-3-4-5-6-14-10-8(7(2)12)9(13)11-10/h7-8,10,12H,3-6H2,1-2H3,(H,11,13)/t7-,8+,10?/m1/s1. The molecule has 1 aliphatic heterocycles. The molecule has 82 valence electrons. The number of hydrogen-bond donors (Lipinski definition) is 2. The Kier molecular flexibility index (Phi) is 4.35. The number of aliphatic hydroxyl groups is 1. The highest BCUT2D eigenvalue weighted by atomic mass is 16.5. The number of β-lactam (4-membered cyclic amide) rings is 1. The van der Waals surface area contributed by atoms with Crippen molar-refractivity contribution < 1.29 is 14.6 Å². The molecule has 0 aromatic heterocycles. The van der Waals surface area contributed by atoms with Crippen LogP contribution in [-0.2, 0) is 9.53 Å². The highest BCUT2D eigenvalue weighted by molar-refractivity contribution is 5.85. The molecule has 1 saturated heterocycles. The minimum atomic E-state index is -0.625. The Labute approximate surface area is 84.6 Å².